The van der Waals surface area contributed by atoms with Crippen molar-refractivity contribution in [3.05, 3.63) is 0 Å². The molecule has 0 aromatic carbocycles. The molecule has 0 radical (unpaired) electrons. The van der Waals surface area contributed by atoms with Crippen LogP contribution < -0.4 is 5.73 Å². The number of amidine groups is 1. The van der Waals surface area contributed by atoms with Crippen LogP contribution in [0.25, 0.3) is 0 Å². The number of nitrogens with zero attached hydrogens (tertiary/aromatic N) is 2. The monoisotopic (exact) mass is 171 g/mol. The highest BCUT2D eigenvalue weighted by atomic mass is 16.5. The van der Waals surface area contributed by atoms with E-state index in [9.17, 15) is 0 Å². The van der Waals surface area contributed by atoms with E-state index in [0.717, 1.165) is 0 Å². The van der Waals surface area contributed by atoms with Crippen LogP contribution in [0.15, 0.2) is 9.98 Å². The zero-order valence-corrected chi connectivity index (χ0v) is 8.11. The lowest BCUT2D eigenvalue weighted by Crippen LogP contribution is -2.22. The van der Waals surface area contributed by atoms with Gasteiger partial charge in [0, 0.05) is 14.2 Å². The Labute approximate surface area is 73.5 Å². The van der Waals surface area contributed by atoms with Gasteiger partial charge in [0.2, 0.25) is 0 Å². The summed E-state index contributed by atoms with van der Waals surface area (Å²) < 4.78 is 5.08. The van der Waals surface area contributed by atoms with Gasteiger partial charge in [0.1, 0.15) is 5.84 Å². The van der Waals surface area contributed by atoms with Crippen LogP contribution in [0.2, 0.25) is 0 Å². The Kier molecular flexibility index (Phi) is 5.28. The van der Waals surface area contributed by atoms with Gasteiger partial charge in [-0.15, -0.1) is 0 Å². The molecule has 0 amide bonds. The molecule has 0 aliphatic rings. The van der Waals surface area contributed by atoms with Gasteiger partial charge in [-0.25, -0.2) is 0 Å². The molecule has 0 aromatic heterocycles. The third kappa shape index (κ3) is 4.08. The highest BCUT2D eigenvalue weighted by molar-refractivity contribution is 6.28. The van der Waals surface area contributed by atoms with Gasteiger partial charge in [-0.3, -0.25) is 9.98 Å². The molecule has 12 heavy (non-hydrogen) atoms. The molecule has 0 rings (SSSR count). The number of ether oxygens (including phenoxy) is 1. The van der Waals surface area contributed by atoms with Gasteiger partial charge in [0.25, 0.3) is 0 Å². The van der Waals surface area contributed by atoms with Crippen LogP contribution in [-0.4, -0.2) is 38.4 Å². The van der Waals surface area contributed by atoms with E-state index in [0.29, 0.717) is 5.84 Å². The van der Waals surface area contributed by atoms with Gasteiger partial charge in [0.15, 0.2) is 0 Å². The number of hydrogen-bond acceptors (Lipinski definition) is 3. The van der Waals surface area contributed by atoms with E-state index in [4.69, 9.17) is 10.5 Å². The molecule has 0 aromatic rings. The molecule has 70 valence electrons. The molecular weight excluding hydrogens is 154 g/mol. The second kappa shape index (κ2) is 5.71. The van der Waals surface area contributed by atoms with Crippen LogP contribution in [0.5, 0.6) is 0 Å². The molecule has 4 nitrogen and oxygen atoms in total. The Bertz CT molecular complexity index is 177. The normalized spacial score (nSPS) is 18.2. The van der Waals surface area contributed by atoms with Crippen molar-refractivity contribution in [2.75, 3.05) is 14.2 Å². The lowest BCUT2D eigenvalue weighted by Gasteiger charge is -2.13. The van der Waals surface area contributed by atoms with Gasteiger partial charge < -0.3 is 10.5 Å². The average Bonchev–Trinajstić information content (AvgIpc) is 2.11. The summed E-state index contributed by atoms with van der Waals surface area (Å²) in [4.78, 5) is 7.91. The zero-order valence-electron chi connectivity index (χ0n) is 8.11. The topological polar surface area (TPSA) is 60.0 Å². The molecule has 0 saturated heterocycles. The van der Waals surface area contributed by atoms with E-state index in [-0.39, 0.29) is 12.1 Å². The first-order chi connectivity index (χ1) is 5.61. The quantitative estimate of drug-likeness (QED) is 0.493. The van der Waals surface area contributed by atoms with Gasteiger partial charge in [-0.2, -0.15) is 0 Å². The molecule has 2 atom stereocenters. The van der Waals surface area contributed by atoms with Crippen molar-refractivity contribution in [1.82, 2.24) is 0 Å². The molecular formula is C8H17N3O. The molecule has 4 heteroatoms. The van der Waals surface area contributed by atoms with Crippen molar-refractivity contribution < 1.29 is 4.74 Å². The molecule has 0 fully saturated rings. The fourth-order valence-corrected chi connectivity index (χ4v) is 0.570. The molecule has 0 saturated carbocycles. The van der Waals surface area contributed by atoms with Crippen LogP contribution >= 0.6 is 0 Å². The van der Waals surface area contributed by atoms with E-state index < -0.39 is 0 Å². The van der Waals surface area contributed by atoms with Gasteiger partial charge in [0.05, 0.1) is 18.4 Å². The summed E-state index contributed by atoms with van der Waals surface area (Å²) in [5, 5.41) is 0. The molecule has 0 aliphatic heterocycles. The van der Waals surface area contributed by atoms with Crippen molar-refractivity contribution in [1.29, 1.82) is 0 Å². The largest absolute Gasteiger partial charge is 0.383 e. The molecule has 0 heterocycles. The number of rotatable bonds is 4. The summed E-state index contributed by atoms with van der Waals surface area (Å²) in [6.07, 6.45) is 1.66. The number of nitrogens with two attached hydrogens (primary N) is 1. The summed E-state index contributed by atoms with van der Waals surface area (Å²) in [5.41, 5.74) is 5.42. The minimum Gasteiger partial charge on any atom is -0.383 e. The fraction of sp³-hybridized carbons (Fsp3) is 0.750. The van der Waals surface area contributed by atoms with Crippen LogP contribution in [0, 0.1) is 0 Å². The van der Waals surface area contributed by atoms with Crippen LogP contribution in [0.3, 0.4) is 0 Å². The molecule has 0 spiro atoms. The molecule has 0 bridgehead atoms. The van der Waals surface area contributed by atoms with E-state index >= 15 is 0 Å². The third-order valence-corrected chi connectivity index (χ3v) is 1.75. The maximum Gasteiger partial charge on any atom is 0.136 e. The molecule has 0 aliphatic carbocycles. The summed E-state index contributed by atoms with van der Waals surface area (Å²) in [5.74, 6) is 0.435. The predicted molar refractivity (Wildman–Crippen MR) is 52.0 cm³/mol. The SMILES string of the molecule is CN=C(N)C=NC(C)C(C)OC. The lowest BCUT2D eigenvalue weighted by atomic mass is 10.2. The minimum absolute atomic E-state index is 0.103. The summed E-state index contributed by atoms with van der Waals surface area (Å²) >= 11 is 0. The van der Waals surface area contributed by atoms with Crippen molar-refractivity contribution in [2.45, 2.75) is 26.0 Å². The highest BCUT2D eigenvalue weighted by Crippen LogP contribution is 1.99. The maximum atomic E-state index is 5.42. The van der Waals surface area contributed by atoms with Crippen molar-refractivity contribution >= 4 is 12.1 Å². The predicted octanol–water partition coefficient (Wildman–Crippen LogP) is 0.468. The summed E-state index contributed by atoms with van der Waals surface area (Å²) in [6, 6.07) is 0.107. The van der Waals surface area contributed by atoms with E-state index in [2.05, 4.69) is 9.98 Å². The van der Waals surface area contributed by atoms with E-state index in [1.165, 1.54) is 0 Å². The van der Waals surface area contributed by atoms with E-state index in [1.807, 2.05) is 13.8 Å². The number of hydrogen-bond donors (Lipinski definition) is 1. The highest BCUT2D eigenvalue weighted by Gasteiger charge is 2.07. The fourth-order valence-electron chi connectivity index (χ4n) is 0.570. The smallest absolute Gasteiger partial charge is 0.136 e. The molecule has 2 unspecified atom stereocenters. The first-order valence-corrected chi connectivity index (χ1v) is 3.90. The Morgan fingerprint density at radius 3 is 2.50 bits per heavy atom. The van der Waals surface area contributed by atoms with Crippen LogP contribution in [0.1, 0.15) is 13.8 Å². The lowest BCUT2D eigenvalue weighted by molar-refractivity contribution is 0.101. The van der Waals surface area contributed by atoms with Gasteiger partial charge in [-0.1, -0.05) is 0 Å². The average molecular weight is 171 g/mol. The molecule has 2 N–H and O–H groups in total. The van der Waals surface area contributed by atoms with Crippen molar-refractivity contribution in [3.8, 4) is 0 Å². The number of aliphatic imine (C=N–C) groups is 2. The van der Waals surface area contributed by atoms with Crippen LogP contribution in [-0.2, 0) is 4.74 Å². The Hall–Kier alpha value is -0.900. The van der Waals surface area contributed by atoms with Crippen molar-refractivity contribution in [3.63, 3.8) is 0 Å². The first kappa shape index (κ1) is 11.1. The third-order valence-electron chi connectivity index (χ3n) is 1.75. The number of methoxy groups -OCH3 is 1. The maximum absolute atomic E-state index is 5.42. The Morgan fingerprint density at radius 1 is 1.50 bits per heavy atom. The van der Waals surface area contributed by atoms with Gasteiger partial charge >= 0.3 is 0 Å². The first-order valence-electron chi connectivity index (χ1n) is 3.90. The second-order valence-electron chi connectivity index (χ2n) is 2.61. The Balaban J connectivity index is 3.99. The van der Waals surface area contributed by atoms with Gasteiger partial charge in [-0.05, 0) is 13.8 Å². The Morgan fingerprint density at radius 2 is 2.08 bits per heavy atom. The second-order valence-corrected chi connectivity index (χ2v) is 2.61. The summed E-state index contributed by atoms with van der Waals surface area (Å²) in [6.45, 7) is 3.93. The van der Waals surface area contributed by atoms with E-state index in [1.54, 1.807) is 20.4 Å². The van der Waals surface area contributed by atoms with Crippen molar-refractivity contribution in [2.24, 2.45) is 15.7 Å². The standard InChI is InChI=1S/C8H17N3O/c1-6(7(2)12-4)11-5-8(9)10-3/h5-7H,1-4H3,(H2,9,10). The minimum atomic E-state index is 0.103. The van der Waals surface area contributed by atoms with Crippen LogP contribution in [0.4, 0.5) is 0 Å². The zero-order chi connectivity index (χ0) is 9.56. The summed E-state index contributed by atoms with van der Waals surface area (Å²) in [7, 11) is 3.29.